The summed E-state index contributed by atoms with van der Waals surface area (Å²) in [6, 6.07) is 7.17. The number of Topliss-reactive ketones (excluding diaryl/α,β-unsaturated/α-hetero) is 1. The van der Waals surface area contributed by atoms with Crippen LogP contribution >= 0.6 is 11.6 Å². The van der Waals surface area contributed by atoms with Crippen molar-refractivity contribution in [3.05, 3.63) is 29.3 Å². The van der Waals surface area contributed by atoms with Gasteiger partial charge >= 0.3 is 0 Å². The van der Waals surface area contributed by atoms with Crippen molar-refractivity contribution in [1.29, 1.82) is 0 Å². The van der Waals surface area contributed by atoms with E-state index in [9.17, 15) is 9.59 Å². The van der Waals surface area contributed by atoms with E-state index >= 15 is 0 Å². The van der Waals surface area contributed by atoms with Gasteiger partial charge in [0.15, 0.2) is 0 Å². The number of hydrogen-bond acceptors (Lipinski definition) is 2. The molecule has 1 heterocycles. The van der Waals surface area contributed by atoms with Crippen molar-refractivity contribution in [3.8, 4) is 0 Å². The monoisotopic (exact) mass is 251 g/mol. The molecule has 0 radical (unpaired) electrons. The zero-order valence-corrected chi connectivity index (χ0v) is 10.4. The number of carbonyl (C=O) groups is 2. The molecule has 4 heteroatoms. The fraction of sp³-hybridized carbons (Fsp3) is 0.385. The minimum Gasteiger partial charge on any atom is -0.312 e. The molecule has 2 rings (SSSR count). The fourth-order valence-electron chi connectivity index (χ4n) is 2.15. The number of hydrogen-bond donors (Lipinski definition) is 0. The Morgan fingerprint density at radius 3 is 2.88 bits per heavy atom. The van der Waals surface area contributed by atoms with Crippen LogP contribution in [0.15, 0.2) is 24.3 Å². The van der Waals surface area contributed by atoms with Crippen molar-refractivity contribution in [2.45, 2.75) is 19.8 Å². The Hall–Kier alpha value is -1.35. The standard InChI is InChI=1S/C13H14ClNO2/c1-9(16)12-6-3-7-15(13(12)17)11-5-2-4-10(14)8-11/h2,4-5,8,12H,3,6-7H2,1H3/t12-/m1/s1. The molecular weight excluding hydrogens is 238 g/mol. The van der Waals surface area contributed by atoms with Crippen molar-refractivity contribution in [3.63, 3.8) is 0 Å². The van der Waals surface area contributed by atoms with Gasteiger partial charge in [-0.1, -0.05) is 17.7 Å². The molecule has 1 fully saturated rings. The lowest BCUT2D eigenvalue weighted by Gasteiger charge is -2.31. The third-order valence-corrected chi connectivity index (χ3v) is 3.28. The topological polar surface area (TPSA) is 37.4 Å². The summed E-state index contributed by atoms with van der Waals surface area (Å²) >= 11 is 5.91. The van der Waals surface area contributed by atoms with Crippen molar-refractivity contribution >= 4 is 29.0 Å². The highest BCUT2D eigenvalue weighted by Gasteiger charge is 2.32. The normalized spacial score (nSPS) is 20.5. The van der Waals surface area contributed by atoms with Crippen LogP contribution in [0.4, 0.5) is 5.69 Å². The highest BCUT2D eigenvalue weighted by molar-refractivity contribution is 6.31. The first kappa shape index (κ1) is 12.1. The summed E-state index contributed by atoms with van der Waals surface area (Å²) in [5, 5.41) is 0.597. The highest BCUT2D eigenvalue weighted by atomic mass is 35.5. The van der Waals surface area contributed by atoms with Gasteiger partial charge < -0.3 is 4.90 Å². The molecule has 90 valence electrons. The zero-order valence-electron chi connectivity index (χ0n) is 9.65. The Labute approximate surface area is 105 Å². The van der Waals surface area contributed by atoms with E-state index in [4.69, 9.17) is 11.6 Å². The van der Waals surface area contributed by atoms with Gasteiger partial charge in [-0.25, -0.2) is 0 Å². The smallest absolute Gasteiger partial charge is 0.237 e. The maximum atomic E-state index is 12.1. The van der Waals surface area contributed by atoms with E-state index in [2.05, 4.69) is 0 Å². The summed E-state index contributed by atoms with van der Waals surface area (Å²) in [6.07, 6.45) is 1.51. The summed E-state index contributed by atoms with van der Waals surface area (Å²) in [5.74, 6) is -0.643. The Kier molecular flexibility index (Phi) is 3.48. The molecule has 0 aliphatic carbocycles. The van der Waals surface area contributed by atoms with Crippen LogP contribution in [-0.4, -0.2) is 18.2 Å². The molecule has 1 atom stereocenters. The number of amides is 1. The predicted octanol–water partition coefficient (Wildman–Crippen LogP) is 2.67. The van der Waals surface area contributed by atoms with E-state index < -0.39 is 5.92 Å². The van der Waals surface area contributed by atoms with E-state index in [0.717, 1.165) is 12.1 Å². The Morgan fingerprint density at radius 2 is 2.24 bits per heavy atom. The van der Waals surface area contributed by atoms with Crippen LogP contribution in [-0.2, 0) is 9.59 Å². The van der Waals surface area contributed by atoms with E-state index in [-0.39, 0.29) is 11.7 Å². The molecule has 1 saturated heterocycles. The summed E-state index contributed by atoms with van der Waals surface area (Å²) < 4.78 is 0. The maximum absolute atomic E-state index is 12.1. The van der Waals surface area contributed by atoms with Crippen LogP contribution in [0.2, 0.25) is 5.02 Å². The lowest BCUT2D eigenvalue weighted by Crippen LogP contribution is -2.43. The highest BCUT2D eigenvalue weighted by Crippen LogP contribution is 2.26. The van der Waals surface area contributed by atoms with Gasteiger partial charge in [-0.3, -0.25) is 9.59 Å². The lowest BCUT2D eigenvalue weighted by atomic mass is 9.93. The number of benzene rings is 1. The van der Waals surface area contributed by atoms with Gasteiger partial charge in [-0.05, 0) is 38.0 Å². The fourth-order valence-corrected chi connectivity index (χ4v) is 2.34. The Balaban J connectivity index is 2.27. The van der Waals surface area contributed by atoms with Crippen molar-refractivity contribution in [2.75, 3.05) is 11.4 Å². The molecule has 1 aliphatic heterocycles. The van der Waals surface area contributed by atoms with Crippen molar-refractivity contribution in [1.82, 2.24) is 0 Å². The largest absolute Gasteiger partial charge is 0.312 e. The molecule has 0 saturated carbocycles. The number of carbonyl (C=O) groups excluding carboxylic acids is 2. The van der Waals surface area contributed by atoms with Crippen LogP contribution in [0.25, 0.3) is 0 Å². The first-order chi connectivity index (χ1) is 8.09. The molecule has 0 N–H and O–H groups in total. The lowest BCUT2D eigenvalue weighted by molar-refractivity contribution is -0.132. The number of nitrogens with zero attached hydrogens (tertiary/aromatic N) is 1. The molecule has 0 unspecified atom stereocenters. The molecule has 0 aromatic heterocycles. The van der Waals surface area contributed by atoms with Gasteiger partial charge in [0.1, 0.15) is 5.78 Å². The third-order valence-electron chi connectivity index (χ3n) is 3.05. The predicted molar refractivity (Wildman–Crippen MR) is 67.2 cm³/mol. The van der Waals surface area contributed by atoms with Crippen LogP contribution in [0.5, 0.6) is 0 Å². The van der Waals surface area contributed by atoms with Crippen molar-refractivity contribution in [2.24, 2.45) is 5.92 Å². The maximum Gasteiger partial charge on any atom is 0.237 e. The Bertz CT molecular complexity index is 458. The molecule has 1 aliphatic rings. The summed E-state index contributed by atoms with van der Waals surface area (Å²) in [7, 11) is 0. The molecule has 1 aromatic rings. The molecule has 1 aromatic carbocycles. The molecule has 1 amide bonds. The Morgan fingerprint density at radius 1 is 1.47 bits per heavy atom. The molecule has 17 heavy (non-hydrogen) atoms. The van der Waals surface area contributed by atoms with Crippen molar-refractivity contribution < 1.29 is 9.59 Å². The quantitative estimate of drug-likeness (QED) is 0.758. The average molecular weight is 252 g/mol. The SMILES string of the molecule is CC(=O)[C@H]1CCCN(c2cccc(Cl)c2)C1=O. The molecule has 0 spiro atoms. The van der Waals surface area contributed by atoms with E-state index in [1.807, 2.05) is 12.1 Å². The first-order valence-corrected chi connectivity index (χ1v) is 6.05. The minimum atomic E-state index is -0.484. The molecule has 0 bridgehead atoms. The van der Waals surface area contributed by atoms with Gasteiger partial charge in [0.25, 0.3) is 0 Å². The molecule has 3 nitrogen and oxygen atoms in total. The van der Waals surface area contributed by atoms with Gasteiger partial charge in [-0.15, -0.1) is 0 Å². The summed E-state index contributed by atoms with van der Waals surface area (Å²) in [6.45, 7) is 2.13. The van der Waals surface area contributed by atoms with E-state index in [1.54, 1.807) is 17.0 Å². The number of rotatable bonds is 2. The van der Waals surface area contributed by atoms with Crippen LogP contribution < -0.4 is 4.90 Å². The summed E-state index contributed by atoms with van der Waals surface area (Å²) in [5.41, 5.74) is 0.772. The number of ketones is 1. The minimum absolute atomic E-state index is 0.0540. The third kappa shape index (κ3) is 2.50. The number of piperidine rings is 1. The zero-order chi connectivity index (χ0) is 12.4. The second kappa shape index (κ2) is 4.88. The van der Waals surface area contributed by atoms with Gasteiger partial charge in [0, 0.05) is 17.3 Å². The van der Waals surface area contributed by atoms with Gasteiger partial charge in [0.05, 0.1) is 5.92 Å². The molecular formula is C13H14ClNO2. The van der Waals surface area contributed by atoms with Gasteiger partial charge in [-0.2, -0.15) is 0 Å². The number of halogens is 1. The van der Waals surface area contributed by atoms with Gasteiger partial charge in [0.2, 0.25) is 5.91 Å². The van der Waals surface area contributed by atoms with E-state index in [0.29, 0.717) is 18.0 Å². The average Bonchev–Trinajstić information content (AvgIpc) is 2.29. The van der Waals surface area contributed by atoms with Crippen LogP contribution in [0.1, 0.15) is 19.8 Å². The summed E-state index contributed by atoms with van der Waals surface area (Å²) in [4.78, 5) is 25.2. The van der Waals surface area contributed by atoms with Crippen LogP contribution in [0, 0.1) is 5.92 Å². The number of anilines is 1. The van der Waals surface area contributed by atoms with E-state index in [1.165, 1.54) is 6.92 Å². The second-order valence-corrected chi connectivity index (χ2v) is 4.71. The second-order valence-electron chi connectivity index (χ2n) is 4.28. The van der Waals surface area contributed by atoms with Crippen LogP contribution in [0.3, 0.4) is 0 Å². The first-order valence-electron chi connectivity index (χ1n) is 5.67.